The van der Waals surface area contributed by atoms with Crippen LogP contribution >= 0.6 is 11.6 Å². The van der Waals surface area contributed by atoms with E-state index in [1.807, 2.05) is 24.3 Å². The van der Waals surface area contributed by atoms with Crippen LogP contribution in [0.5, 0.6) is 0 Å². The van der Waals surface area contributed by atoms with Crippen molar-refractivity contribution in [3.63, 3.8) is 0 Å². The lowest BCUT2D eigenvalue weighted by Crippen LogP contribution is -2.09. The van der Waals surface area contributed by atoms with Crippen molar-refractivity contribution < 1.29 is 14.6 Å². The van der Waals surface area contributed by atoms with Crippen molar-refractivity contribution in [1.29, 1.82) is 0 Å². The molecule has 102 valence electrons. The number of hydrogen-bond donors (Lipinski definition) is 1. The first-order valence-corrected chi connectivity index (χ1v) is 6.58. The van der Waals surface area contributed by atoms with Gasteiger partial charge in [0.1, 0.15) is 0 Å². The van der Waals surface area contributed by atoms with E-state index in [-0.39, 0.29) is 12.5 Å². The number of hydrogen-bond acceptors (Lipinski definition) is 3. The van der Waals surface area contributed by atoms with Gasteiger partial charge in [-0.25, -0.2) is 0 Å². The topological polar surface area (TPSA) is 38.7 Å². The predicted octanol–water partition coefficient (Wildman–Crippen LogP) is 2.86. The van der Waals surface area contributed by atoms with Gasteiger partial charge in [-0.3, -0.25) is 0 Å². The van der Waals surface area contributed by atoms with Gasteiger partial charge >= 0.3 is 0 Å². The van der Waals surface area contributed by atoms with Gasteiger partial charge in [0.2, 0.25) is 0 Å². The Morgan fingerprint density at radius 3 is 2.78 bits per heavy atom. The van der Waals surface area contributed by atoms with Gasteiger partial charge in [-0.2, -0.15) is 0 Å². The Hall–Kier alpha value is -0.610. The minimum Gasteiger partial charge on any atom is -0.396 e. The minimum atomic E-state index is 0.0890. The van der Waals surface area contributed by atoms with Crippen molar-refractivity contribution in [2.45, 2.75) is 18.8 Å². The van der Waals surface area contributed by atoms with E-state index >= 15 is 0 Å². The fraction of sp³-hybridized carbons (Fsp3) is 0.571. The van der Waals surface area contributed by atoms with Crippen LogP contribution < -0.4 is 0 Å². The molecule has 1 rings (SSSR count). The Morgan fingerprint density at radius 1 is 1.28 bits per heavy atom. The summed E-state index contributed by atoms with van der Waals surface area (Å²) in [6, 6.07) is 7.62. The Bertz CT molecular complexity index is 331. The third-order valence-electron chi connectivity index (χ3n) is 2.79. The van der Waals surface area contributed by atoms with Crippen LogP contribution in [-0.2, 0) is 9.47 Å². The molecule has 0 saturated heterocycles. The first-order valence-electron chi connectivity index (χ1n) is 6.21. The number of rotatable bonds is 9. The van der Waals surface area contributed by atoms with Crippen LogP contribution in [0.1, 0.15) is 24.3 Å². The molecule has 0 radical (unpaired) electrons. The number of methoxy groups -OCH3 is 1. The fourth-order valence-electron chi connectivity index (χ4n) is 1.76. The molecule has 3 nitrogen and oxygen atoms in total. The summed E-state index contributed by atoms with van der Waals surface area (Å²) in [7, 11) is 1.68. The van der Waals surface area contributed by atoms with E-state index in [0.717, 1.165) is 25.0 Å². The summed E-state index contributed by atoms with van der Waals surface area (Å²) in [6.45, 7) is 2.17. The van der Waals surface area contributed by atoms with Gasteiger partial charge in [0.15, 0.2) is 0 Å². The summed E-state index contributed by atoms with van der Waals surface area (Å²) in [4.78, 5) is 0. The molecule has 1 aromatic carbocycles. The molecular formula is C14H21ClO3. The molecule has 0 fully saturated rings. The Balaban J connectivity index is 2.29. The molecule has 0 aromatic heterocycles. The number of halogens is 1. The van der Waals surface area contributed by atoms with E-state index in [9.17, 15) is 5.11 Å². The van der Waals surface area contributed by atoms with Crippen LogP contribution in [0.3, 0.4) is 0 Å². The summed E-state index contributed by atoms with van der Waals surface area (Å²) in [5.74, 6) is 0.0890. The highest BCUT2D eigenvalue weighted by atomic mass is 35.5. The third kappa shape index (κ3) is 5.83. The first kappa shape index (κ1) is 15.4. The molecule has 0 aliphatic rings. The summed E-state index contributed by atoms with van der Waals surface area (Å²) < 4.78 is 10.4. The molecule has 0 saturated carbocycles. The molecule has 1 unspecified atom stereocenters. The molecule has 0 amide bonds. The van der Waals surface area contributed by atoms with E-state index in [2.05, 4.69) is 0 Å². The van der Waals surface area contributed by atoms with Gasteiger partial charge in [0.05, 0.1) is 6.61 Å². The molecule has 18 heavy (non-hydrogen) atoms. The van der Waals surface area contributed by atoms with E-state index < -0.39 is 0 Å². The van der Waals surface area contributed by atoms with Gasteiger partial charge in [-0.05, 0) is 30.5 Å². The van der Waals surface area contributed by atoms with Crippen molar-refractivity contribution >= 4 is 11.6 Å². The molecule has 1 N–H and O–H groups in total. The number of benzene rings is 1. The molecule has 4 heteroatoms. The molecule has 1 atom stereocenters. The average Bonchev–Trinajstić information content (AvgIpc) is 2.38. The normalized spacial score (nSPS) is 12.6. The van der Waals surface area contributed by atoms with Crippen LogP contribution in [0.15, 0.2) is 24.3 Å². The van der Waals surface area contributed by atoms with Crippen molar-refractivity contribution in [2.24, 2.45) is 0 Å². The third-order valence-corrected chi connectivity index (χ3v) is 3.02. The lowest BCUT2D eigenvalue weighted by Gasteiger charge is -2.15. The number of aliphatic hydroxyl groups excluding tert-OH is 1. The van der Waals surface area contributed by atoms with Crippen LogP contribution in [0.25, 0.3) is 0 Å². The summed E-state index contributed by atoms with van der Waals surface area (Å²) in [5.41, 5.74) is 1.06. The summed E-state index contributed by atoms with van der Waals surface area (Å²) in [6.07, 6.45) is 1.70. The van der Waals surface area contributed by atoms with Crippen molar-refractivity contribution in [1.82, 2.24) is 0 Å². The van der Waals surface area contributed by atoms with Gasteiger partial charge in [0.25, 0.3) is 0 Å². The van der Waals surface area contributed by atoms with Gasteiger partial charge in [0, 0.05) is 37.9 Å². The molecule has 0 heterocycles. The maximum absolute atomic E-state index is 9.39. The molecule has 0 aliphatic carbocycles. The van der Waals surface area contributed by atoms with Crippen molar-refractivity contribution in [3.05, 3.63) is 34.9 Å². The second-order valence-electron chi connectivity index (χ2n) is 4.18. The number of aliphatic hydroxyl groups is 1. The molecule has 0 spiro atoms. The first-order chi connectivity index (χ1) is 8.77. The highest BCUT2D eigenvalue weighted by Gasteiger charge is 2.10. The molecular weight excluding hydrogens is 252 g/mol. The van der Waals surface area contributed by atoms with Crippen LogP contribution in [0, 0.1) is 0 Å². The smallest absolute Gasteiger partial charge is 0.0500 e. The second kappa shape index (κ2) is 9.34. The van der Waals surface area contributed by atoms with Crippen molar-refractivity contribution in [2.75, 3.05) is 33.5 Å². The van der Waals surface area contributed by atoms with E-state index in [0.29, 0.717) is 18.2 Å². The van der Waals surface area contributed by atoms with E-state index in [4.69, 9.17) is 21.1 Å². The maximum Gasteiger partial charge on any atom is 0.0500 e. The van der Waals surface area contributed by atoms with Gasteiger partial charge < -0.3 is 14.6 Å². The highest BCUT2D eigenvalue weighted by molar-refractivity contribution is 6.30. The lowest BCUT2D eigenvalue weighted by atomic mass is 9.97. The fourth-order valence-corrected chi connectivity index (χ4v) is 1.96. The van der Waals surface area contributed by atoms with Crippen LogP contribution in [0.4, 0.5) is 0 Å². The monoisotopic (exact) mass is 272 g/mol. The number of ether oxygens (including phenoxy) is 2. The summed E-state index contributed by atoms with van der Waals surface area (Å²) >= 11 is 5.94. The molecule has 0 bridgehead atoms. The standard InChI is InChI=1S/C14H21ClO3/c1-17-7-3-8-18-9-6-13(11-16)12-4-2-5-14(15)10-12/h2,4-5,10,13,16H,3,6-9,11H2,1H3. The predicted molar refractivity (Wildman–Crippen MR) is 73.2 cm³/mol. The minimum absolute atomic E-state index is 0.0890. The lowest BCUT2D eigenvalue weighted by molar-refractivity contribution is 0.0937. The van der Waals surface area contributed by atoms with Crippen LogP contribution in [0.2, 0.25) is 5.02 Å². The Morgan fingerprint density at radius 2 is 2.11 bits per heavy atom. The van der Waals surface area contributed by atoms with Crippen molar-refractivity contribution in [3.8, 4) is 0 Å². The zero-order valence-corrected chi connectivity index (χ0v) is 11.5. The average molecular weight is 273 g/mol. The van der Waals surface area contributed by atoms with Gasteiger partial charge in [-0.15, -0.1) is 0 Å². The van der Waals surface area contributed by atoms with Crippen LogP contribution in [-0.4, -0.2) is 38.6 Å². The zero-order chi connectivity index (χ0) is 13.2. The Kier molecular flexibility index (Phi) is 8.01. The highest BCUT2D eigenvalue weighted by Crippen LogP contribution is 2.22. The zero-order valence-electron chi connectivity index (χ0n) is 10.8. The SMILES string of the molecule is COCCCOCCC(CO)c1cccc(Cl)c1. The largest absolute Gasteiger partial charge is 0.396 e. The molecule has 1 aromatic rings. The molecule has 0 aliphatic heterocycles. The maximum atomic E-state index is 9.39. The van der Waals surface area contributed by atoms with E-state index in [1.54, 1.807) is 7.11 Å². The summed E-state index contributed by atoms with van der Waals surface area (Å²) in [5, 5.41) is 10.1. The van der Waals surface area contributed by atoms with Gasteiger partial charge in [-0.1, -0.05) is 23.7 Å². The second-order valence-corrected chi connectivity index (χ2v) is 4.62. The Labute approximate surface area is 114 Å². The van der Waals surface area contributed by atoms with E-state index in [1.165, 1.54) is 0 Å². The quantitative estimate of drug-likeness (QED) is 0.703.